The summed E-state index contributed by atoms with van der Waals surface area (Å²) in [5, 5.41) is 21.2. The molecule has 1 amide bonds. The lowest BCUT2D eigenvalue weighted by Gasteiger charge is -2.30. The Morgan fingerprint density at radius 2 is 2.10 bits per heavy atom. The SMILES string of the molecule is O=Nc1cc(O)ccc1/C=C/C(=O)N1CCC(CO)CC1. The normalized spacial score (nSPS) is 16.3. The highest BCUT2D eigenvalue weighted by Crippen LogP contribution is 2.25. The number of hydrogen-bond donors (Lipinski definition) is 2. The average molecular weight is 290 g/mol. The summed E-state index contributed by atoms with van der Waals surface area (Å²) in [5.74, 6) is 0.108. The van der Waals surface area contributed by atoms with Gasteiger partial charge in [0.05, 0.1) is 0 Å². The van der Waals surface area contributed by atoms with Gasteiger partial charge in [-0.15, -0.1) is 4.91 Å². The number of piperidine rings is 1. The van der Waals surface area contributed by atoms with Crippen LogP contribution in [0.4, 0.5) is 5.69 Å². The van der Waals surface area contributed by atoms with E-state index in [4.69, 9.17) is 5.11 Å². The van der Waals surface area contributed by atoms with E-state index in [-0.39, 0.29) is 29.9 Å². The number of likely N-dealkylation sites (tertiary alicyclic amines) is 1. The molecule has 0 unspecified atom stereocenters. The van der Waals surface area contributed by atoms with Gasteiger partial charge in [-0.1, -0.05) is 0 Å². The molecule has 2 rings (SSSR count). The van der Waals surface area contributed by atoms with Crippen molar-refractivity contribution in [2.45, 2.75) is 12.8 Å². The fraction of sp³-hybridized carbons (Fsp3) is 0.400. The van der Waals surface area contributed by atoms with Crippen LogP contribution in [0.2, 0.25) is 0 Å². The molecule has 2 N–H and O–H groups in total. The fourth-order valence-electron chi connectivity index (χ4n) is 2.35. The molecule has 21 heavy (non-hydrogen) atoms. The molecule has 6 heteroatoms. The van der Waals surface area contributed by atoms with Crippen molar-refractivity contribution in [1.29, 1.82) is 0 Å². The molecule has 0 aliphatic carbocycles. The van der Waals surface area contributed by atoms with Crippen molar-refractivity contribution in [2.75, 3.05) is 19.7 Å². The Bertz CT molecular complexity index is 549. The number of hydrogen-bond acceptors (Lipinski definition) is 5. The van der Waals surface area contributed by atoms with Crippen LogP contribution in [-0.4, -0.2) is 40.7 Å². The van der Waals surface area contributed by atoms with Gasteiger partial charge in [0.1, 0.15) is 11.4 Å². The molecule has 0 aromatic heterocycles. The summed E-state index contributed by atoms with van der Waals surface area (Å²) < 4.78 is 0. The van der Waals surface area contributed by atoms with E-state index in [9.17, 15) is 14.8 Å². The molecule has 0 atom stereocenters. The Labute approximate surface area is 122 Å². The maximum absolute atomic E-state index is 12.1. The van der Waals surface area contributed by atoms with Crippen LogP contribution in [-0.2, 0) is 4.79 Å². The molecule has 1 heterocycles. The van der Waals surface area contributed by atoms with Gasteiger partial charge in [-0.2, -0.15) is 0 Å². The number of benzene rings is 1. The van der Waals surface area contributed by atoms with Crippen molar-refractivity contribution in [1.82, 2.24) is 4.90 Å². The van der Waals surface area contributed by atoms with Gasteiger partial charge in [-0.3, -0.25) is 4.79 Å². The van der Waals surface area contributed by atoms with Crippen LogP contribution < -0.4 is 0 Å². The van der Waals surface area contributed by atoms with Crippen LogP contribution in [0.3, 0.4) is 0 Å². The minimum Gasteiger partial charge on any atom is -0.508 e. The quantitative estimate of drug-likeness (QED) is 0.656. The van der Waals surface area contributed by atoms with E-state index in [2.05, 4.69) is 5.18 Å². The number of aromatic hydroxyl groups is 1. The summed E-state index contributed by atoms with van der Waals surface area (Å²) in [4.78, 5) is 24.5. The molecule has 0 radical (unpaired) electrons. The monoisotopic (exact) mass is 290 g/mol. The summed E-state index contributed by atoms with van der Waals surface area (Å²) in [6.07, 6.45) is 4.53. The number of nitrogens with zero attached hydrogens (tertiary/aromatic N) is 2. The number of aliphatic hydroxyl groups excluding tert-OH is 1. The maximum Gasteiger partial charge on any atom is 0.246 e. The number of phenolic OH excluding ortho intramolecular Hbond substituents is 1. The number of rotatable bonds is 4. The van der Waals surface area contributed by atoms with Crippen LogP contribution in [0.1, 0.15) is 18.4 Å². The second kappa shape index (κ2) is 6.99. The molecule has 1 aliphatic rings. The van der Waals surface area contributed by atoms with Gasteiger partial charge in [-0.05, 0) is 42.1 Å². The molecule has 1 saturated heterocycles. The van der Waals surface area contributed by atoms with Gasteiger partial charge in [0.25, 0.3) is 0 Å². The zero-order chi connectivity index (χ0) is 15.2. The molecule has 1 aliphatic heterocycles. The second-order valence-corrected chi connectivity index (χ2v) is 5.12. The lowest BCUT2D eigenvalue weighted by Crippen LogP contribution is -2.38. The first kappa shape index (κ1) is 15.2. The second-order valence-electron chi connectivity index (χ2n) is 5.12. The van der Waals surface area contributed by atoms with Gasteiger partial charge in [0.2, 0.25) is 5.91 Å². The minimum absolute atomic E-state index is 0.0425. The van der Waals surface area contributed by atoms with E-state index in [1.54, 1.807) is 4.90 Å². The highest BCUT2D eigenvalue weighted by atomic mass is 16.3. The molecule has 1 aromatic carbocycles. The third kappa shape index (κ3) is 3.88. The standard InChI is InChI=1S/C15H18N2O4/c18-10-11-5-7-17(8-6-11)15(20)4-2-12-1-3-13(19)9-14(12)16-21/h1-4,9,11,18-19H,5-8,10H2/b4-2+. The van der Waals surface area contributed by atoms with Crippen molar-refractivity contribution in [3.8, 4) is 5.75 Å². The van der Waals surface area contributed by atoms with Gasteiger partial charge in [-0.25, -0.2) is 0 Å². The van der Waals surface area contributed by atoms with E-state index in [0.717, 1.165) is 12.8 Å². The third-order valence-electron chi connectivity index (χ3n) is 3.70. The lowest BCUT2D eigenvalue weighted by atomic mass is 9.98. The van der Waals surface area contributed by atoms with Crippen molar-refractivity contribution < 1.29 is 15.0 Å². The zero-order valence-electron chi connectivity index (χ0n) is 11.6. The number of amides is 1. The van der Waals surface area contributed by atoms with E-state index in [1.807, 2.05) is 0 Å². The smallest absolute Gasteiger partial charge is 0.246 e. The summed E-state index contributed by atoms with van der Waals surface area (Å²) in [7, 11) is 0. The van der Waals surface area contributed by atoms with E-state index < -0.39 is 0 Å². The minimum atomic E-state index is -0.128. The van der Waals surface area contributed by atoms with Crippen molar-refractivity contribution in [2.24, 2.45) is 11.1 Å². The van der Waals surface area contributed by atoms with E-state index in [0.29, 0.717) is 18.7 Å². The summed E-state index contributed by atoms with van der Waals surface area (Å²) in [6, 6.07) is 4.23. The van der Waals surface area contributed by atoms with Crippen molar-refractivity contribution in [3.63, 3.8) is 0 Å². The molecule has 112 valence electrons. The van der Waals surface area contributed by atoms with Crippen LogP contribution >= 0.6 is 0 Å². The number of carbonyl (C=O) groups is 1. The number of nitroso groups, excluding NO2 is 1. The first-order valence-corrected chi connectivity index (χ1v) is 6.88. The average Bonchev–Trinajstić information content (AvgIpc) is 2.53. The van der Waals surface area contributed by atoms with Gasteiger partial charge < -0.3 is 15.1 Å². The van der Waals surface area contributed by atoms with Crippen LogP contribution in [0.5, 0.6) is 5.75 Å². The first-order chi connectivity index (χ1) is 10.1. The van der Waals surface area contributed by atoms with Crippen LogP contribution in [0.25, 0.3) is 6.08 Å². The van der Waals surface area contributed by atoms with E-state index in [1.165, 1.54) is 30.4 Å². The summed E-state index contributed by atoms with van der Waals surface area (Å²) in [6.45, 7) is 1.42. The molecule has 0 bridgehead atoms. The summed E-state index contributed by atoms with van der Waals surface area (Å²) in [5.41, 5.74) is 0.583. The number of carbonyl (C=O) groups excluding carboxylic acids is 1. The molecule has 6 nitrogen and oxygen atoms in total. The molecule has 1 fully saturated rings. The van der Waals surface area contributed by atoms with Crippen LogP contribution in [0, 0.1) is 10.8 Å². The molecule has 0 spiro atoms. The Morgan fingerprint density at radius 1 is 1.38 bits per heavy atom. The largest absolute Gasteiger partial charge is 0.508 e. The predicted molar refractivity (Wildman–Crippen MR) is 79.0 cm³/mol. The molecular formula is C15H18N2O4. The molecule has 0 saturated carbocycles. The van der Waals surface area contributed by atoms with Gasteiger partial charge >= 0.3 is 0 Å². The molecule has 1 aromatic rings. The Morgan fingerprint density at radius 3 is 2.71 bits per heavy atom. The van der Waals surface area contributed by atoms with Crippen molar-refractivity contribution >= 4 is 17.7 Å². The number of aliphatic hydroxyl groups is 1. The maximum atomic E-state index is 12.1. The van der Waals surface area contributed by atoms with Crippen molar-refractivity contribution in [3.05, 3.63) is 34.7 Å². The Kier molecular flexibility index (Phi) is 5.05. The highest BCUT2D eigenvalue weighted by molar-refractivity contribution is 5.92. The highest BCUT2D eigenvalue weighted by Gasteiger charge is 2.20. The fourth-order valence-corrected chi connectivity index (χ4v) is 2.35. The lowest BCUT2D eigenvalue weighted by molar-refractivity contribution is -0.127. The van der Waals surface area contributed by atoms with Gasteiger partial charge in [0.15, 0.2) is 0 Å². The predicted octanol–water partition coefficient (Wildman–Crippen LogP) is 2.03. The number of phenols is 1. The topological polar surface area (TPSA) is 90.2 Å². The Hall–Kier alpha value is -2.21. The van der Waals surface area contributed by atoms with E-state index >= 15 is 0 Å². The Balaban J connectivity index is 2.01. The first-order valence-electron chi connectivity index (χ1n) is 6.88. The third-order valence-corrected chi connectivity index (χ3v) is 3.70. The molecular weight excluding hydrogens is 272 g/mol. The van der Waals surface area contributed by atoms with Gasteiger partial charge in [0, 0.05) is 37.4 Å². The summed E-state index contributed by atoms with van der Waals surface area (Å²) >= 11 is 0. The zero-order valence-corrected chi connectivity index (χ0v) is 11.6. The van der Waals surface area contributed by atoms with Crippen LogP contribution in [0.15, 0.2) is 29.5 Å².